The van der Waals surface area contributed by atoms with Crippen molar-refractivity contribution in [2.45, 2.75) is 13.8 Å². The molecule has 0 unspecified atom stereocenters. The average Bonchev–Trinajstić information content (AvgIpc) is 2.41. The number of carbonyl (C=O) groups is 2. The maximum Gasteiger partial charge on any atom is 0.151 e. The molecule has 0 spiro atoms. The summed E-state index contributed by atoms with van der Waals surface area (Å²) in [4.78, 5) is 25.7. The Morgan fingerprint density at radius 1 is 0.944 bits per heavy atom. The molecule has 2 rings (SSSR count). The minimum Gasteiger partial charge on any atom is -0.298 e. The van der Waals surface area contributed by atoms with Gasteiger partial charge in [-0.05, 0) is 42.7 Å². The van der Waals surface area contributed by atoms with Crippen molar-refractivity contribution < 1.29 is 9.59 Å². The van der Waals surface area contributed by atoms with E-state index in [-0.39, 0.29) is 0 Å². The van der Waals surface area contributed by atoms with Crippen LogP contribution in [0.25, 0.3) is 11.1 Å². The van der Waals surface area contributed by atoms with Crippen LogP contribution in [0, 0.1) is 13.8 Å². The van der Waals surface area contributed by atoms with Crippen molar-refractivity contribution in [3.63, 3.8) is 0 Å². The van der Waals surface area contributed by atoms with Gasteiger partial charge < -0.3 is 0 Å². The zero-order valence-electron chi connectivity index (χ0n) is 10.3. The molecule has 0 atom stereocenters. The maximum atomic E-state index is 10.9. The zero-order valence-corrected chi connectivity index (χ0v) is 10.3. The lowest BCUT2D eigenvalue weighted by molar-refractivity contribution is 0.111. The SMILES string of the molecule is Cc1cc(-c2cncc(C=O)c2)c(C)cc1C=O. The highest BCUT2D eigenvalue weighted by atomic mass is 16.1. The van der Waals surface area contributed by atoms with Crippen molar-refractivity contribution in [1.82, 2.24) is 4.98 Å². The van der Waals surface area contributed by atoms with Crippen molar-refractivity contribution in [3.8, 4) is 11.1 Å². The first-order valence-electron chi connectivity index (χ1n) is 5.62. The number of aromatic nitrogens is 1. The van der Waals surface area contributed by atoms with Gasteiger partial charge in [0.15, 0.2) is 6.29 Å². The highest BCUT2D eigenvalue weighted by Crippen LogP contribution is 2.26. The fourth-order valence-electron chi connectivity index (χ4n) is 1.95. The Balaban J connectivity index is 2.59. The monoisotopic (exact) mass is 239 g/mol. The summed E-state index contributed by atoms with van der Waals surface area (Å²) in [7, 11) is 0. The van der Waals surface area contributed by atoms with Crippen LogP contribution in [0.1, 0.15) is 31.8 Å². The molecule has 1 aromatic heterocycles. The van der Waals surface area contributed by atoms with Crippen LogP contribution in [0.2, 0.25) is 0 Å². The molecule has 0 N–H and O–H groups in total. The molecule has 0 aliphatic carbocycles. The molecular weight excluding hydrogens is 226 g/mol. The number of hydrogen-bond donors (Lipinski definition) is 0. The molecule has 90 valence electrons. The highest BCUT2D eigenvalue weighted by Gasteiger charge is 2.07. The van der Waals surface area contributed by atoms with Gasteiger partial charge in [-0.3, -0.25) is 14.6 Å². The smallest absolute Gasteiger partial charge is 0.151 e. The average molecular weight is 239 g/mol. The summed E-state index contributed by atoms with van der Waals surface area (Å²) in [5.41, 5.74) is 5.03. The maximum absolute atomic E-state index is 10.9. The first-order chi connectivity index (χ1) is 8.65. The lowest BCUT2D eigenvalue weighted by Crippen LogP contribution is -1.93. The Labute approximate surface area is 105 Å². The molecule has 18 heavy (non-hydrogen) atoms. The number of rotatable bonds is 3. The second kappa shape index (κ2) is 4.92. The number of nitrogens with zero attached hydrogens (tertiary/aromatic N) is 1. The predicted molar refractivity (Wildman–Crippen MR) is 69.9 cm³/mol. The number of pyridine rings is 1. The Morgan fingerprint density at radius 2 is 1.72 bits per heavy atom. The first kappa shape index (κ1) is 12.2. The third-order valence-corrected chi connectivity index (χ3v) is 2.95. The minimum absolute atomic E-state index is 0.545. The van der Waals surface area contributed by atoms with E-state index in [1.807, 2.05) is 26.0 Å². The minimum atomic E-state index is 0.545. The molecule has 0 amide bonds. The van der Waals surface area contributed by atoms with E-state index in [0.29, 0.717) is 11.1 Å². The normalized spacial score (nSPS) is 10.1. The van der Waals surface area contributed by atoms with Crippen molar-refractivity contribution in [2.24, 2.45) is 0 Å². The second-order valence-corrected chi connectivity index (χ2v) is 4.27. The molecule has 0 saturated heterocycles. The van der Waals surface area contributed by atoms with Crippen molar-refractivity contribution >= 4 is 12.6 Å². The van der Waals surface area contributed by atoms with Gasteiger partial charge in [-0.1, -0.05) is 6.07 Å². The van der Waals surface area contributed by atoms with Crippen LogP contribution in [0.4, 0.5) is 0 Å². The molecule has 3 nitrogen and oxygen atoms in total. The number of hydrogen-bond acceptors (Lipinski definition) is 3. The Bertz CT molecular complexity index is 618. The highest BCUT2D eigenvalue weighted by molar-refractivity contribution is 5.82. The van der Waals surface area contributed by atoms with Crippen molar-refractivity contribution in [3.05, 3.63) is 52.8 Å². The number of carbonyl (C=O) groups excluding carboxylic acids is 2. The van der Waals surface area contributed by atoms with E-state index in [2.05, 4.69) is 4.98 Å². The first-order valence-corrected chi connectivity index (χ1v) is 5.62. The van der Waals surface area contributed by atoms with Crippen molar-refractivity contribution in [1.29, 1.82) is 0 Å². The van der Waals surface area contributed by atoms with E-state index in [0.717, 1.165) is 34.8 Å². The third kappa shape index (κ3) is 2.20. The summed E-state index contributed by atoms with van der Waals surface area (Å²) >= 11 is 0. The van der Waals surface area contributed by atoms with Gasteiger partial charge in [-0.15, -0.1) is 0 Å². The van der Waals surface area contributed by atoms with E-state index in [9.17, 15) is 9.59 Å². The lowest BCUT2D eigenvalue weighted by Gasteiger charge is -2.09. The van der Waals surface area contributed by atoms with E-state index in [4.69, 9.17) is 0 Å². The Morgan fingerprint density at radius 3 is 2.39 bits per heavy atom. The van der Waals surface area contributed by atoms with Gasteiger partial charge in [0.25, 0.3) is 0 Å². The molecule has 1 aromatic carbocycles. The number of benzene rings is 1. The van der Waals surface area contributed by atoms with Gasteiger partial charge in [-0.2, -0.15) is 0 Å². The summed E-state index contributed by atoms with van der Waals surface area (Å²) < 4.78 is 0. The zero-order chi connectivity index (χ0) is 13.1. The van der Waals surface area contributed by atoms with Crippen LogP contribution >= 0.6 is 0 Å². The van der Waals surface area contributed by atoms with Gasteiger partial charge in [0.2, 0.25) is 0 Å². The molecule has 2 aromatic rings. The van der Waals surface area contributed by atoms with E-state index < -0.39 is 0 Å². The number of aryl methyl sites for hydroxylation is 2. The summed E-state index contributed by atoms with van der Waals surface area (Å²) in [6, 6.07) is 5.60. The molecule has 3 heteroatoms. The third-order valence-electron chi connectivity index (χ3n) is 2.95. The molecule has 0 radical (unpaired) electrons. The summed E-state index contributed by atoms with van der Waals surface area (Å²) in [6.07, 6.45) is 4.87. The van der Waals surface area contributed by atoms with E-state index in [1.165, 1.54) is 6.20 Å². The van der Waals surface area contributed by atoms with Crippen LogP contribution in [-0.4, -0.2) is 17.6 Å². The summed E-state index contributed by atoms with van der Waals surface area (Å²) in [6.45, 7) is 3.83. The molecule has 0 saturated carbocycles. The summed E-state index contributed by atoms with van der Waals surface area (Å²) in [5, 5.41) is 0. The van der Waals surface area contributed by atoms with Crippen LogP contribution in [0.15, 0.2) is 30.6 Å². The quantitative estimate of drug-likeness (QED) is 0.773. The van der Waals surface area contributed by atoms with Gasteiger partial charge in [0, 0.05) is 29.1 Å². The lowest BCUT2D eigenvalue weighted by atomic mass is 9.96. The largest absolute Gasteiger partial charge is 0.298 e. The van der Waals surface area contributed by atoms with E-state index >= 15 is 0 Å². The van der Waals surface area contributed by atoms with Gasteiger partial charge in [-0.25, -0.2) is 0 Å². The van der Waals surface area contributed by atoms with Gasteiger partial charge in [0.1, 0.15) is 6.29 Å². The number of aldehydes is 2. The van der Waals surface area contributed by atoms with Crippen LogP contribution in [0.3, 0.4) is 0 Å². The fraction of sp³-hybridized carbons (Fsp3) is 0.133. The molecular formula is C15H13NO2. The second-order valence-electron chi connectivity index (χ2n) is 4.27. The van der Waals surface area contributed by atoms with Crippen LogP contribution in [-0.2, 0) is 0 Å². The van der Waals surface area contributed by atoms with Gasteiger partial charge >= 0.3 is 0 Å². The molecule has 1 heterocycles. The van der Waals surface area contributed by atoms with Crippen LogP contribution < -0.4 is 0 Å². The Kier molecular flexibility index (Phi) is 3.33. The Hall–Kier alpha value is -2.29. The topological polar surface area (TPSA) is 47.0 Å². The molecule has 0 bridgehead atoms. The molecule has 0 aliphatic rings. The summed E-state index contributed by atoms with van der Waals surface area (Å²) in [5.74, 6) is 0. The fourth-order valence-corrected chi connectivity index (χ4v) is 1.95. The van der Waals surface area contributed by atoms with Gasteiger partial charge in [0.05, 0.1) is 0 Å². The van der Waals surface area contributed by atoms with Crippen molar-refractivity contribution in [2.75, 3.05) is 0 Å². The predicted octanol–water partition coefficient (Wildman–Crippen LogP) is 2.99. The standard InChI is InChI=1S/C15H13NO2/c1-10-4-15(11(2)3-14(10)9-18)13-5-12(8-17)6-16-7-13/h3-9H,1-2H3. The molecule has 0 aliphatic heterocycles. The molecule has 0 fully saturated rings. The van der Waals surface area contributed by atoms with Crippen LogP contribution in [0.5, 0.6) is 0 Å². The van der Waals surface area contributed by atoms with E-state index in [1.54, 1.807) is 12.3 Å².